The molecule has 1 aromatic heterocycles. The van der Waals surface area contributed by atoms with Crippen LogP contribution in [-0.4, -0.2) is 37.7 Å². The van der Waals surface area contributed by atoms with Gasteiger partial charge in [0.05, 0.1) is 7.11 Å². The number of nitrogens with one attached hydrogen (secondary N) is 1. The third-order valence-corrected chi connectivity index (χ3v) is 4.41. The Bertz CT molecular complexity index is 672. The van der Waals surface area contributed by atoms with Gasteiger partial charge in [-0.05, 0) is 42.5 Å². The van der Waals surface area contributed by atoms with Crippen LogP contribution in [0, 0.1) is 0 Å². The average Bonchev–Trinajstić information content (AvgIpc) is 2.59. The Kier molecular flexibility index (Phi) is 4.65. The summed E-state index contributed by atoms with van der Waals surface area (Å²) in [5, 5.41) is 3.49. The Balaban J connectivity index is 1.76. The van der Waals surface area contributed by atoms with Crippen LogP contribution < -0.4 is 15.0 Å². The van der Waals surface area contributed by atoms with Gasteiger partial charge in [-0.3, -0.25) is 0 Å². The number of rotatable bonds is 5. The number of anilines is 2. The molecular weight excluding hydrogens is 288 g/mol. The van der Waals surface area contributed by atoms with Crippen LogP contribution in [-0.2, 0) is 6.42 Å². The highest BCUT2D eigenvalue weighted by atomic mass is 16.5. The molecule has 0 saturated heterocycles. The Morgan fingerprint density at radius 2 is 2.09 bits per heavy atom. The minimum Gasteiger partial charge on any atom is -0.497 e. The molecule has 1 aliphatic rings. The Morgan fingerprint density at radius 1 is 1.26 bits per heavy atom. The topological polar surface area (TPSA) is 50.3 Å². The van der Waals surface area contributed by atoms with Crippen LogP contribution in [0.2, 0.25) is 0 Å². The van der Waals surface area contributed by atoms with E-state index in [1.54, 1.807) is 19.5 Å². The molecule has 23 heavy (non-hydrogen) atoms. The van der Waals surface area contributed by atoms with Crippen LogP contribution in [0.3, 0.4) is 0 Å². The van der Waals surface area contributed by atoms with Crippen molar-refractivity contribution in [1.82, 2.24) is 9.97 Å². The number of aryl methyl sites for hydroxylation is 1. The smallest absolute Gasteiger partial charge is 0.171 e. The molecule has 1 heterocycles. The van der Waals surface area contributed by atoms with E-state index >= 15 is 0 Å². The van der Waals surface area contributed by atoms with Gasteiger partial charge < -0.3 is 15.0 Å². The molecule has 5 nitrogen and oxygen atoms in total. The van der Waals surface area contributed by atoms with Crippen molar-refractivity contribution in [2.45, 2.75) is 25.2 Å². The molecule has 0 radical (unpaired) electrons. The average molecular weight is 312 g/mol. The SMILES string of the molecule is COc1ccc2c(c1)CCCC2CNc1nccnc1N(C)C. The van der Waals surface area contributed by atoms with E-state index < -0.39 is 0 Å². The van der Waals surface area contributed by atoms with Crippen molar-refractivity contribution in [2.75, 3.05) is 38.0 Å². The molecule has 1 unspecified atom stereocenters. The van der Waals surface area contributed by atoms with E-state index in [0.717, 1.165) is 30.4 Å². The number of fused-ring (bicyclic) bond motifs is 1. The molecule has 2 aromatic rings. The summed E-state index contributed by atoms with van der Waals surface area (Å²) < 4.78 is 5.35. The number of benzene rings is 1. The standard InChI is InChI=1S/C18H24N4O/c1-22(2)18-17(19-9-10-20-18)21-12-14-6-4-5-13-11-15(23-3)7-8-16(13)14/h7-11,14H,4-6,12H2,1-3H3,(H,19,21). The predicted molar refractivity (Wildman–Crippen MR) is 93.5 cm³/mol. The Labute approximate surface area is 137 Å². The van der Waals surface area contributed by atoms with Gasteiger partial charge >= 0.3 is 0 Å². The second-order valence-corrected chi connectivity index (χ2v) is 6.16. The first-order valence-electron chi connectivity index (χ1n) is 8.08. The molecule has 1 atom stereocenters. The van der Waals surface area contributed by atoms with Crippen LogP contribution in [0.4, 0.5) is 11.6 Å². The van der Waals surface area contributed by atoms with Gasteiger partial charge in [-0.15, -0.1) is 0 Å². The fourth-order valence-corrected chi connectivity index (χ4v) is 3.23. The molecule has 1 N–H and O–H groups in total. The normalized spacial score (nSPS) is 16.6. The fourth-order valence-electron chi connectivity index (χ4n) is 3.23. The van der Waals surface area contributed by atoms with Gasteiger partial charge in [0, 0.05) is 39.0 Å². The van der Waals surface area contributed by atoms with Crippen molar-refractivity contribution in [3.05, 3.63) is 41.7 Å². The van der Waals surface area contributed by atoms with Crippen molar-refractivity contribution in [3.63, 3.8) is 0 Å². The number of nitrogens with zero attached hydrogens (tertiary/aromatic N) is 3. The zero-order valence-electron chi connectivity index (χ0n) is 14.0. The van der Waals surface area contributed by atoms with E-state index in [2.05, 4.69) is 33.5 Å². The lowest BCUT2D eigenvalue weighted by Gasteiger charge is -2.27. The van der Waals surface area contributed by atoms with Crippen LogP contribution in [0.5, 0.6) is 5.75 Å². The van der Waals surface area contributed by atoms with Crippen molar-refractivity contribution >= 4 is 11.6 Å². The first-order valence-corrected chi connectivity index (χ1v) is 8.08. The van der Waals surface area contributed by atoms with Gasteiger partial charge in [-0.2, -0.15) is 0 Å². The second-order valence-electron chi connectivity index (χ2n) is 6.16. The molecule has 1 aliphatic carbocycles. The zero-order chi connectivity index (χ0) is 16.2. The number of ether oxygens (including phenoxy) is 1. The van der Waals surface area contributed by atoms with Gasteiger partial charge in [0.1, 0.15) is 5.75 Å². The molecule has 3 rings (SSSR count). The van der Waals surface area contributed by atoms with E-state index in [1.165, 1.54) is 24.0 Å². The highest BCUT2D eigenvalue weighted by Gasteiger charge is 2.21. The van der Waals surface area contributed by atoms with Crippen molar-refractivity contribution in [2.24, 2.45) is 0 Å². The minimum absolute atomic E-state index is 0.502. The molecular formula is C18H24N4O. The highest BCUT2D eigenvalue weighted by Crippen LogP contribution is 2.34. The lowest BCUT2D eigenvalue weighted by Crippen LogP contribution is -2.21. The van der Waals surface area contributed by atoms with Crippen LogP contribution in [0.15, 0.2) is 30.6 Å². The summed E-state index contributed by atoms with van der Waals surface area (Å²) in [4.78, 5) is 10.8. The summed E-state index contributed by atoms with van der Waals surface area (Å²) in [5.74, 6) is 3.17. The monoisotopic (exact) mass is 312 g/mol. The molecule has 0 aliphatic heterocycles. The Morgan fingerprint density at radius 3 is 2.87 bits per heavy atom. The summed E-state index contributed by atoms with van der Waals surface area (Å²) in [6, 6.07) is 6.45. The molecule has 5 heteroatoms. The van der Waals surface area contributed by atoms with E-state index in [0.29, 0.717) is 5.92 Å². The van der Waals surface area contributed by atoms with Crippen molar-refractivity contribution < 1.29 is 4.74 Å². The lowest BCUT2D eigenvalue weighted by molar-refractivity contribution is 0.413. The molecule has 0 amide bonds. The maximum Gasteiger partial charge on any atom is 0.171 e. The predicted octanol–water partition coefficient (Wildman–Crippen LogP) is 3.08. The summed E-state index contributed by atoms with van der Waals surface area (Å²) in [6.07, 6.45) is 7.01. The summed E-state index contributed by atoms with van der Waals surface area (Å²) >= 11 is 0. The number of hydrogen-bond donors (Lipinski definition) is 1. The van der Waals surface area contributed by atoms with Crippen LogP contribution in [0.25, 0.3) is 0 Å². The molecule has 0 saturated carbocycles. The number of methoxy groups -OCH3 is 1. The Hall–Kier alpha value is -2.30. The summed E-state index contributed by atoms with van der Waals surface area (Å²) in [7, 11) is 5.69. The van der Waals surface area contributed by atoms with Gasteiger partial charge in [0.25, 0.3) is 0 Å². The maximum atomic E-state index is 5.35. The van der Waals surface area contributed by atoms with E-state index in [4.69, 9.17) is 4.74 Å². The largest absolute Gasteiger partial charge is 0.497 e. The summed E-state index contributed by atoms with van der Waals surface area (Å²) in [6.45, 7) is 0.874. The minimum atomic E-state index is 0.502. The van der Waals surface area contributed by atoms with Crippen molar-refractivity contribution in [1.29, 1.82) is 0 Å². The number of aromatic nitrogens is 2. The zero-order valence-corrected chi connectivity index (χ0v) is 14.0. The van der Waals surface area contributed by atoms with E-state index in [1.807, 2.05) is 19.0 Å². The molecule has 1 aromatic carbocycles. The third kappa shape index (κ3) is 3.38. The fraction of sp³-hybridized carbons (Fsp3) is 0.444. The molecule has 0 spiro atoms. The lowest BCUT2D eigenvalue weighted by atomic mass is 9.82. The van der Waals surface area contributed by atoms with Gasteiger partial charge in [0.2, 0.25) is 0 Å². The number of hydrogen-bond acceptors (Lipinski definition) is 5. The third-order valence-electron chi connectivity index (χ3n) is 4.41. The van der Waals surface area contributed by atoms with Gasteiger partial charge in [-0.1, -0.05) is 6.07 Å². The quantitative estimate of drug-likeness (QED) is 0.919. The van der Waals surface area contributed by atoms with E-state index in [9.17, 15) is 0 Å². The molecule has 0 bridgehead atoms. The van der Waals surface area contributed by atoms with Crippen LogP contribution in [0.1, 0.15) is 29.9 Å². The highest BCUT2D eigenvalue weighted by molar-refractivity contribution is 5.59. The maximum absolute atomic E-state index is 5.35. The molecule has 122 valence electrons. The van der Waals surface area contributed by atoms with Crippen molar-refractivity contribution in [3.8, 4) is 5.75 Å². The second kappa shape index (κ2) is 6.86. The van der Waals surface area contributed by atoms with E-state index in [-0.39, 0.29) is 0 Å². The van der Waals surface area contributed by atoms with Crippen LogP contribution >= 0.6 is 0 Å². The van der Waals surface area contributed by atoms with Gasteiger partial charge in [0.15, 0.2) is 11.6 Å². The first-order chi connectivity index (χ1) is 11.2. The van der Waals surface area contributed by atoms with Gasteiger partial charge in [-0.25, -0.2) is 9.97 Å². The molecule has 0 fully saturated rings. The summed E-state index contributed by atoms with van der Waals surface area (Å²) in [5.41, 5.74) is 2.84. The first kappa shape index (κ1) is 15.6.